The van der Waals surface area contributed by atoms with Gasteiger partial charge in [0.25, 0.3) is 0 Å². The third-order valence-corrected chi connectivity index (χ3v) is 3.66. The highest BCUT2D eigenvalue weighted by Crippen LogP contribution is 2.22. The van der Waals surface area contributed by atoms with E-state index in [2.05, 4.69) is 45.6 Å². The molecule has 0 aliphatic rings. The van der Waals surface area contributed by atoms with Crippen LogP contribution in [-0.2, 0) is 6.54 Å². The lowest BCUT2D eigenvalue weighted by molar-refractivity contribution is 0.592. The SMILES string of the molecule is CCCNCCCNCc1ccc(Cl)c(Br)c1. The first-order valence-electron chi connectivity index (χ1n) is 6.09. The Hall–Kier alpha value is -0.0900. The van der Waals surface area contributed by atoms with Gasteiger partial charge in [-0.2, -0.15) is 0 Å². The summed E-state index contributed by atoms with van der Waals surface area (Å²) in [6.07, 6.45) is 2.36. The largest absolute Gasteiger partial charge is 0.317 e. The Balaban J connectivity index is 2.11. The van der Waals surface area contributed by atoms with E-state index in [9.17, 15) is 0 Å². The maximum Gasteiger partial charge on any atom is 0.0548 e. The fourth-order valence-electron chi connectivity index (χ4n) is 1.52. The second-order valence-corrected chi connectivity index (χ2v) is 5.29. The summed E-state index contributed by atoms with van der Waals surface area (Å²) in [4.78, 5) is 0. The van der Waals surface area contributed by atoms with Crippen LogP contribution in [0.1, 0.15) is 25.3 Å². The summed E-state index contributed by atoms with van der Waals surface area (Å²) in [5.74, 6) is 0. The standard InChI is InChI=1S/C13H20BrClN2/c1-2-6-16-7-3-8-17-10-11-4-5-13(15)12(14)9-11/h4-5,9,16-17H,2-3,6-8,10H2,1H3. The highest BCUT2D eigenvalue weighted by molar-refractivity contribution is 9.10. The van der Waals surface area contributed by atoms with Gasteiger partial charge in [0.1, 0.15) is 0 Å². The number of hydrogen-bond donors (Lipinski definition) is 2. The third kappa shape index (κ3) is 6.41. The van der Waals surface area contributed by atoms with Gasteiger partial charge in [-0.05, 0) is 66.1 Å². The van der Waals surface area contributed by atoms with Gasteiger partial charge in [0, 0.05) is 11.0 Å². The smallest absolute Gasteiger partial charge is 0.0548 e. The van der Waals surface area contributed by atoms with E-state index < -0.39 is 0 Å². The monoisotopic (exact) mass is 318 g/mol. The first kappa shape index (κ1) is 15.0. The number of halogens is 2. The van der Waals surface area contributed by atoms with Crippen molar-refractivity contribution in [1.29, 1.82) is 0 Å². The molecule has 96 valence electrons. The molecule has 0 amide bonds. The molecule has 0 aromatic heterocycles. The fraction of sp³-hybridized carbons (Fsp3) is 0.538. The van der Waals surface area contributed by atoms with Crippen LogP contribution in [0.25, 0.3) is 0 Å². The van der Waals surface area contributed by atoms with Gasteiger partial charge in [-0.25, -0.2) is 0 Å². The van der Waals surface area contributed by atoms with Crippen molar-refractivity contribution < 1.29 is 0 Å². The predicted molar refractivity (Wildman–Crippen MR) is 78.6 cm³/mol. The summed E-state index contributed by atoms with van der Waals surface area (Å²) in [6, 6.07) is 6.03. The van der Waals surface area contributed by atoms with Crippen molar-refractivity contribution in [1.82, 2.24) is 10.6 Å². The molecule has 0 bridgehead atoms. The van der Waals surface area contributed by atoms with Gasteiger partial charge in [0.05, 0.1) is 5.02 Å². The zero-order valence-electron chi connectivity index (χ0n) is 10.2. The van der Waals surface area contributed by atoms with Crippen molar-refractivity contribution in [2.24, 2.45) is 0 Å². The van der Waals surface area contributed by atoms with Crippen molar-refractivity contribution in [2.75, 3.05) is 19.6 Å². The highest BCUT2D eigenvalue weighted by Gasteiger charge is 1.98. The van der Waals surface area contributed by atoms with Crippen molar-refractivity contribution in [3.05, 3.63) is 33.3 Å². The van der Waals surface area contributed by atoms with Crippen LogP contribution in [0.5, 0.6) is 0 Å². The Bertz CT molecular complexity index is 331. The lowest BCUT2D eigenvalue weighted by atomic mass is 10.2. The van der Waals surface area contributed by atoms with E-state index >= 15 is 0 Å². The van der Waals surface area contributed by atoms with Crippen molar-refractivity contribution in [3.8, 4) is 0 Å². The molecule has 0 saturated heterocycles. The molecule has 0 saturated carbocycles. The number of rotatable bonds is 8. The molecule has 1 aromatic rings. The van der Waals surface area contributed by atoms with Gasteiger partial charge in [0.2, 0.25) is 0 Å². The molecule has 0 heterocycles. The van der Waals surface area contributed by atoms with E-state index in [1.807, 2.05) is 6.07 Å². The van der Waals surface area contributed by atoms with Crippen LogP contribution in [0, 0.1) is 0 Å². The summed E-state index contributed by atoms with van der Waals surface area (Å²) in [7, 11) is 0. The zero-order chi connectivity index (χ0) is 12.5. The summed E-state index contributed by atoms with van der Waals surface area (Å²) in [6.45, 7) is 6.32. The second-order valence-electron chi connectivity index (χ2n) is 4.03. The molecule has 0 spiro atoms. The van der Waals surface area contributed by atoms with Gasteiger partial charge in [0.15, 0.2) is 0 Å². The molecular weight excluding hydrogens is 300 g/mol. The summed E-state index contributed by atoms with van der Waals surface area (Å²) in [5, 5.41) is 7.57. The van der Waals surface area contributed by atoms with E-state index in [1.54, 1.807) is 0 Å². The van der Waals surface area contributed by atoms with Gasteiger partial charge < -0.3 is 10.6 Å². The molecule has 0 aliphatic carbocycles. The normalized spacial score (nSPS) is 10.8. The van der Waals surface area contributed by atoms with Crippen LogP contribution in [0.15, 0.2) is 22.7 Å². The van der Waals surface area contributed by atoms with Crippen LogP contribution in [0.3, 0.4) is 0 Å². The molecule has 1 aromatic carbocycles. The van der Waals surface area contributed by atoms with Crippen LogP contribution < -0.4 is 10.6 Å². The van der Waals surface area contributed by atoms with Gasteiger partial charge >= 0.3 is 0 Å². The van der Waals surface area contributed by atoms with E-state index in [0.29, 0.717) is 0 Å². The summed E-state index contributed by atoms with van der Waals surface area (Å²) >= 11 is 9.36. The molecule has 0 atom stereocenters. The van der Waals surface area contributed by atoms with E-state index in [4.69, 9.17) is 11.6 Å². The highest BCUT2D eigenvalue weighted by atomic mass is 79.9. The fourth-order valence-corrected chi connectivity index (χ4v) is 2.07. The topological polar surface area (TPSA) is 24.1 Å². The van der Waals surface area contributed by atoms with E-state index in [0.717, 1.165) is 42.1 Å². The minimum Gasteiger partial charge on any atom is -0.317 e. The molecular formula is C13H20BrClN2. The summed E-state index contributed by atoms with van der Waals surface area (Å²) in [5.41, 5.74) is 1.25. The van der Waals surface area contributed by atoms with Crippen LogP contribution in [-0.4, -0.2) is 19.6 Å². The lowest BCUT2D eigenvalue weighted by Crippen LogP contribution is -2.22. The lowest BCUT2D eigenvalue weighted by Gasteiger charge is -2.06. The van der Waals surface area contributed by atoms with Crippen LogP contribution >= 0.6 is 27.5 Å². The molecule has 17 heavy (non-hydrogen) atoms. The van der Waals surface area contributed by atoms with Crippen LogP contribution in [0.4, 0.5) is 0 Å². The molecule has 0 radical (unpaired) electrons. The molecule has 0 fully saturated rings. The van der Waals surface area contributed by atoms with Gasteiger partial charge in [-0.15, -0.1) is 0 Å². The molecule has 4 heteroatoms. The maximum atomic E-state index is 5.94. The third-order valence-electron chi connectivity index (χ3n) is 2.45. The Kier molecular flexibility index (Phi) is 7.86. The van der Waals surface area contributed by atoms with Crippen LogP contribution in [0.2, 0.25) is 5.02 Å². The predicted octanol–water partition coefficient (Wildman–Crippen LogP) is 3.58. The number of nitrogens with one attached hydrogen (secondary N) is 2. The summed E-state index contributed by atoms with van der Waals surface area (Å²) < 4.78 is 0.961. The number of benzene rings is 1. The van der Waals surface area contributed by atoms with Crippen molar-refractivity contribution in [3.63, 3.8) is 0 Å². The Morgan fingerprint density at radius 2 is 1.94 bits per heavy atom. The van der Waals surface area contributed by atoms with E-state index in [1.165, 1.54) is 12.0 Å². The Morgan fingerprint density at radius 3 is 2.65 bits per heavy atom. The minimum absolute atomic E-state index is 0.762. The molecule has 2 nitrogen and oxygen atoms in total. The minimum atomic E-state index is 0.762. The quantitative estimate of drug-likeness (QED) is 0.716. The second kappa shape index (κ2) is 8.92. The van der Waals surface area contributed by atoms with Gasteiger partial charge in [-0.3, -0.25) is 0 Å². The zero-order valence-corrected chi connectivity index (χ0v) is 12.6. The molecule has 1 rings (SSSR count). The van der Waals surface area contributed by atoms with E-state index in [-0.39, 0.29) is 0 Å². The first-order chi connectivity index (χ1) is 8.24. The Labute approximate surface area is 117 Å². The van der Waals surface area contributed by atoms with Gasteiger partial charge in [-0.1, -0.05) is 24.6 Å². The average Bonchev–Trinajstić information content (AvgIpc) is 2.32. The molecule has 2 N–H and O–H groups in total. The van der Waals surface area contributed by atoms with Crippen molar-refractivity contribution >= 4 is 27.5 Å². The maximum absolute atomic E-state index is 5.94. The Morgan fingerprint density at radius 1 is 1.18 bits per heavy atom. The number of hydrogen-bond acceptors (Lipinski definition) is 2. The first-order valence-corrected chi connectivity index (χ1v) is 7.26. The average molecular weight is 320 g/mol. The molecule has 0 aliphatic heterocycles. The van der Waals surface area contributed by atoms with Crippen molar-refractivity contribution in [2.45, 2.75) is 26.3 Å². The molecule has 0 unspecified atom stereocenters.